The lowest BCUT2D eigenvalue weighted by molar-refractivity contribution is 0.415. The maximum Gasteiger partial charge on any atom is 0.0526 e. The third-order valence-corrected chi connectivity index (χ3v) is 5.20. The minimum Gasteiger partial charge on any atom is -0.384 e. The molecule has 1 aromatic carbocycles. The molecular weight excluding hydrogens is 332 g/mol. The fraction of sp³-hybridized carbons (Fsp3) is 0.450. The van der Waals surface area contributed by atoms with Crippen molar-refractivity contribution in [2.24, 2.45) is 0 Å². The fourth-order valence-corrected chi connectivity index (χ4v) is 3.39. The molecule has 1 saturated heterocycles. The number of nitrogens with zero attached hydrogens (tertiary/aromatic N) is 2. The molecule has 5 heteroatoms. The number of nitrogens with one attached hydrogen (secondary N) is 2. The summed E-state index contributed by atoms with van der Waals surface area (Å²) in [5.41, 5.74) is 3.48. The predicted octanol–water partition coefficient (Wildman–Crippen LogP) is 4.10. The van der Waals surface area contributed by atoms with Crippen LogP contribution in [-0.4, -0.2) is 37.2 Å². The number of aromatic nitrogens is 1. The minimum atomic E-state index is 0.621. The number of hydrogen-bond donors (Lipinski definition) is 2. The van der Waals surface area contributed by atoms with E-state index in [9.17, 15) is 0 Å². The normalized spacial score (nSPS) is 15.4. The zero-order valence-corrected chi connectivity index (χ0v) is 15.6. The average molecular weight is 359 g/mol. The molecule has 0 amide bonds. The van der Waals surface area contributed by atoms with Crippen molar-refractivity contribution in [1.82, 2.24) is 10.3 Å². The number of anilines is 2. The van der Waals surface area contributed by atoms with Gasteiger partial charge in [0.15, 0.2) is 0 Å². The number of hydrogen-bond acceptors (Lipinski definition) is 4. The Balaban J connectivity index is 1.33. The van der Waals surface area contributed by atoms with Crippen LogP contribution in [0.15, 0.2) is 42.7 Å². The Kier molecular flexibility index (Phi) is 6.54. The van der Waals surface area contributed by atoms with Crippen molar-refractivity contribution < 1.29 is 0 Å². The molecule has 1 fully saturated rings. The molecule has 4 nitrogen and oxygen atoms in total. The topological polar surface area (TPSA) is 40.2 Å². The Morgan fingerprint density at radius 3 is 2.76 bits per heavy atom. The van der Waals surface area contributed by atoms with Crippen molar-refractivity contribution in [3.8, 4) is 0 Å². The summed E-state index contributed by atoms with van der Waals surface area (Å²) in [5.74, 6) is 0. The first kappa shape index (κ1) is 18.0. The molecule has 2 N–H and O–H groups in total. The molecule has 3 rings (SSSR count). The van der Waals surface area contributed by atoms with Crippen molar-refractivity contribution in [2.75, 3.05) is 36.4 Å². The molecule has 1 aliphatic heterocycles. The zero-order valence-electron chi connectivity index (χ0n) is 14.8. The first-order valence-electron chi connectivity index (χ1n) is 9.11. The van der Waals surface area contributed by atoms with Crippen molar-refractivity contribution in [2.45, 2.75) is 32.2 Å². The average Bonchev–Trinajstić information content (AvgIpc) is 2.65. The maximum atomic E-state index is 6.26. The number of piperidine rings is 1. The maximum absolute atomic E-state index is 6.26. The van der Waals surface area contributed by atoms with Gasteiger partial charge in [-0.25, -0.2) is 0 Å². The largest absolute Gasteiger partial charge is 0.384 e. The molecule has 1 aliphatic rings. The molecule has 134 valence electrons. The lowest BCUT2D eigenvalue weighted by atomic mass is 10.0. The standard InChI is InChI=1S/C20H27ClN4/c1-16-5-6-19(14-20(16)21)25-12-7-17(8-13-25)23-10-3-11-24-18-4-2-9-22-15-18/h2,4-6,9,14-15,17,23-24H,3,7-8,10-13H2,1H3. The third kappa shape index (κ3) is 5.35. The Morgan fingerprint density at radius 2 is 2.04 bits per heavy atom. The van der Waals surface area contributed by atoms with Crippen LogP contribution in [-0.2, 0) is 0 Å². The van der Waals surface area contributed by atoms with Crippen LogP contribution in [0.4, 0.5) is 11.4 Å². The van der Waals surface area contributed by atoms with Gasteiger partial charge in [-0.2, -0.15) is 0 Å². The zero-order chi connectivity index (χ0) is 17.5. The van der Waals surface area contributed by atoms with Crippen LogP contribution in [0.25, 0.3) is 0 Å². The van der Waals surface area contributed by atoms with Gasteiger partial charge < -0.3 is 15.5 Å². The van der Waals surface area contributed by atoms with Crippen molar-refractivity contribution in [1.29, 1.82) is 0 Å². The number of benzene rings is 1. The number of pyridine rings is 1. The lowest BCUT2D eigenvalue weighted by Crippen LogP contribution is -2.43. The Morgan fingerprint density at radius 1 is 1.20 bits per heavy atom. The molecule has 0 radical (unpaired) electrons. The quantitative estimate of drug-likeness (QED) is 0.731. The molecule has 25 heavy (non-hydrogen) atoms. The van der Waals surface area contributed by atoms with Crippen LogP contribution < -0.4 is 15.5 Å². The van der Waals surface area contributed by atoms with Gasteiger partial charge in [-0.15, -0.1) is 0 Å². The highest BCUT2D eigenvalue weighted by Crippen LogP contribution is 2.25. The summed E-state index contributed by atoms with van der Waals surface area (Å²) in [4.78, 5) is 6.55. The number of halogens is 1. The Hall–Kier alpha value is -1.78. The van der Waals surface area contributed by atoms with Gasteiger partial charge in [0.25, 0.3) is 0 Å². The molecule has 0 unspecified atom stereocenters. The molecule has 1 aromatic heterocycles. The molecular formula is C20H27ClN4. The van der Waals surface area contributed by atoms with Gasteiger partial charge in [0, 0.05) is 48.8 Å². The van der Waals surface area contributed by atoms with Gasteiger partial charge in [-0.1, -0.05) is 17.7 Å². The van der Waals surface area contributed by atoms with E-state index in [0.717, 1.165) is 48.9 Å². The van der Waals surface area contributed by atoms with Crippen LogP contribution in [0.5, 0.6) is 0 Å². The molecule has 2 aromatic rings. The smallest absolute Gasteiger partial charge is 0.0526 e. The summed E-state index contributed by atoms with van der Waals surface area (Å²) < 4.78 is 0. The molecule has 2 heterocycles. The van der Waals surface area contributed by atoms with Gasteiger partial charge in [0.2, 0.25) is 0 Å². The second-order valence-electron chi connectivity index (χ2n) is 6.67. The highest BCUT2D eigenvalue weighted by Gasteiger charge is 2.19. The van der Waals surface area contributed by atoms with E-state index in [4.69, 9.17) is 11.6 Å². The summed E-state index contributed by atoms with van der Waals surface area (Å²) in [6.07, 6.45) is 7.13. The van der Waals surface area contributed by atoms with E-state index in [1.165, 1.54) is 18.5 Å². The van der Waals surface area contributed by atoms with E-state index in [0.29, 0.717) is 6.04 Å². The summed E-state index contributed by atoms with van der Waals surface area (Å²) in [6, 6.07) is 11.0. The highest BCUT2D eigenvalue weighted by atomic mass is 35.5. The van der Waals surface area contributed by atoms with Gasteiger partial charge >= 0.3 is 0 Å². The van der Waals surface area contributed by atoms with Crippen LogP contribution in [0.2, 0.25) is 5.02 Å². The number of rotatable bonds is 7. The van der Waals surface area contributed by atoms with Gasteiger partial charge in [-0.3, -0.25) is 4.98 Å². The van der Waals surface area contributed by atoms with Crippen molar-refractivity contribution in [3.05, 3.63) is 53.3 Å². The first-order chi connectivity index (χ1) is 12.2. The molecule has 0 atom stereocenters. The molecule has 0 aliphatic carbocycles. The van der Waals surface area contributed by atoms with Gasteiger partial charge in [-0.05, 0) is 62.6 Å². The van der Waals surface area contributed by atoms with E-state index >= 15 is 0 Å². The fourth-order valence-electron chi connectivity index (χ4n) is 3.21. The van der Waals surface area contributed by atoms with E-state index in [2.05, 4.69) is 38.7 Å². The van der Waals surface area contributed by atoms with Crippen LogP contribution in [0.3, 0.4) is 0 Å². The second kappa shape index (κ2) is 9.07. The van der Waals surface area contributed by atoms with Crippen LogP contribution in [0.1, 0.15) is 24.8 Å². The predicted molar refractivity (Wildman–Crippen MR) is 107 cm³/mol. The van der Waals surface area contributed by atoms with Crippen molar-refractivity contribution >= 4 is 23.0 Å². The van der Waals surface area contributed by atoms with Crippen LogP contribution >= 0.6 is 11.6 Å². The minimum absolute atomic E-state index is 0.621. The second-order valence-corrected chi connectivity index (χ2v) is 7.08. The molecule has 0 saturated carbocycles. The lowest BCUT2D eigenvalue weighted by Gasteiger charge is -2.34. The van der Waals surface area contributed by atoms with E-state index < -0.39 is 0 Å². The van der Waals surface area contributed by atoms with Crippen LogP contribution in [0, 0.1) is 6.92 Å². The molecule has 0 bridgehead atoms. The first-order valence-corrected chi connectivity index (χ1v) is 9.48. The van der Waals surface area contributed by atoms with Gasteiger partial charge in [0.1, 0.15) is 0 Å². The van der Waals surface area contributed by atoms with E-state index in [1.54, 1.807) is 6.20 Å². The summed E-state index contributed by atoms with van der Waals surface area (Å²) in [7, 11) is 0. The molecule has 0 spiro atoms. The van der Waals surface area contributed by atoms with E-state index in [-0.39, 0.29) is 0 Å². The summed E-state index contributed by atoms with van der Waals surface area (Å²) in [5, 5.41) is 7.95. The highest BCUT2D eigenvalue weighted by molar-refractivity contribution is 6.31. The summed E-state index contributed by atoms with van der Waals surface area (Å²) in [6.45, 7) is 6.25. The van der Waals surface area contributed by atoms with Crippen molar-refractivity contribution in [3.63, 3.8) is 0 Å². The summed E-state index contributed by atoms with van der Waals surface area (Å²) >= 11 is 6.26. The Labute approximate surface area is 155 Å². The SMILES string of the molecule is Cc1ccc(N2CCC(NCCCNc3cccnc3)CC2)cc1Cl. The van der Waals surface area contributed by atoms with Gasteiger partial charge in [0.05, 0.1) is 5.69 Å². The third-order valence-electron chi connectivity index (χ3n) is 4.79. The number of aryl methyl sites for hydroxylation is 1. The van der Waals surface area contributed by atoms with E-state index in [1.807, 2.05) is 25.3 Å². The Bertz CT molecular complexity index is 654. The monoisotopic (exact) mass is 358 g/mol.